The van der Waals surface area contributed by atoms with E-state index in [9.17, 15) is 14.4 Å². The van der Waals surface area contributed by atoms with Crippen LogP contribution in [0.25, 0.3) is 6.08 Å². The number of amides is 2. The lowest BCUT2D eigenvalue weighted by Gasteiger charge is -2.19. The van der Waals surface area contributed by atoms with Gasteiger partial charge in [-0.2, -0.15) is 0 Å². The zero-order valence-electron chi connectivity index (χ0n) is 13.3. The van der Waals surface area contributed by atoms with Gasteiger partial charge in [-0.3, -0.25) is 4.79 Å². The maximum Gasteiger partial charge on any atom is 0.408 e. The highest BCUT2D eigenvalue weighted by molar-refractivity contribution is 5.96. The van der Waals surface area contributed by atoms with Crippen molar-refractivity contribution in [2.24, 2.45) is 0 Å². The molecule has 0 spiro atoms. The van der Waals surface area contributed by atoms with Crippen molar-refractivity contribution < 1.29 is 24.2 Å². The Morgan fingerprint density at radius 1 is 1.22 bits per heavy atom. The van der Waals surface area contributed by atoms with Crippen LogP contribution in [0.1, 0.15) is 26.3 Å². The van der Waals surface area contributed by atoms with Crippen molar-refractivity contribution in [2.45, 2.75) is 26.4 Å². The Balaban J connectivity index is 2.61. The van der Waals surface area contributed by atoms with E-state index in [1.54, 1.807) is 45.0 Å². The highest BCUT2D eigenvalue weighted by Gasteiger charge is 2.16. The number of aliphatic carboxylic acids is 1. The second-order valence-electron chi connectivity index (χ2n) is 5.66. The first-order valence-corrected chi connectivity index (χ1v) is 6.94. The van der Waals surface area contributed by atoms with E-state index in [2.05, 4.69) is 10.6 Å². The van der Waals surface area contributed by atoms with Crippen LogP contribution in [-0.4, -0.2) is 35.2 Å². The second-order valence-corrected chi connectivity index (χ2v) is 5.66. The molecule has 124 valence electrons. The van der Waals surface area contributed by atoms with Crippen LogP contribution in [0.2, 0.25) is 0 Å². The molecule has 0 aliphatic heterocycles. The van der Waals surface area contributed by atoms with Gasteiger partial charge < -0.3 is 20.5 Å². The van der Waals surface area contributed by atoms with Gasteiger partial charge in [-0.15, -0.1) is 0 Å². The molecular formula is C16H20N2O5. The summed E-state index contributed by atoms with van der Waals surface area (Å²) in [5.41, 5.74) is 0.343. The van der Waals surface area contributed by atoms with Gasteiger partial charge in [0.05, 0.1) is 0 Å². The van der Waals surface area contributed by atoms with Gasteiger partial charge in [-0.25, -0.2) is 9.59 Å². The van der Waals surface area contributed by atoms with Crippen molar-refractivity contribution in [3.63, 3.8) is 0 Å². The molecule has 0 fully saturated rings. The highest BCUT2D eigenvalue weighted by atomic mass is 16.6. The lowest BCUT2D eigenvalue weighted by molar-refractivity contribution is -0.131. The van der Waals surface area contributed by atoms with Gasteiger partial charge in [0.1, 0.15) is 12.1 Å². The number of carbonyl (C=O) groups excluding carboxylic acids is 2. The maximum atomic E-state index is 11.9. The van der Waals surface area contributed by atoms with Crippen molar-refractivity contribution in [2.75, 3.05) is 11.9 Å². The minimum Gasteiger partial charge on any atom is -0.478 e. The average molecular weight is 320 g/mol. The fourth-order valence-electron chi connectivity index (χ4n) is 1.58. The van der Waals surface area contributed by atoms with Crippen LogP contribution in [0.3, 0.4) is 0 Å². The highest BCUT2D eigenvalue weighted by Crippen LogP contribution is 2.16. The molecule has 0 saturated carbocycles. The van der Waals surface area contributed by atoms with Crippen molar-refractivity contribution in [3.8, 4) is 0 Å². The molecule has 0 bridgehead atoms. The molecule has 0 heterocycles. The molecule has 7 heteroatoms. The summed E-state index contributed by atoms with van der Waals surface area (Å²) >= 11 is 0. The summed E-state index contributed by atoms with van der Waals surface area (Å²) in [4.78, 5) is 33.9. The SMILES string of the molecule is CC(C)(C)OC(=O)NCC(=O)Nc1ccccc1C=CC(=O)O. The Labute approximate surface area is 134 Å². The predicted octanol–water partition coefficient (Wildman–Crippen LogP) is 2.25. The monoisotopic (exact) mass is 320 g/mol. The third kappa shape index (κ3) is 7.66. The van der Waals surface area contributed by atoms with E-state index in [0.717, 1.165) is 6.08 Å². The number of carboxylic acid groups (broad SMARTS) is 1. The van der Waals surface area contributed by atoms with Crippen LogP contribution < -0.4 is 10.6 Å². The number of carbonyl (C=O) groups is 3. The summed E-state index contributed by atoms with van der Waals surface area (Å²) in [5, 5.41) is 13.6. The average Bonchev–Trinajstić information content (AvgIpc) is 2.42. The van der Waals surface area contributed by atoms with E-state index in [-0.39, 0.29) is 6.54 Å². The number of rotatable bonds is 5. The van der Waals surface area contributed by atoms with Gasteiger partial charge >= 0.3 is 12.1 Å². The molecule has 1 rings (SSSR count). The molecule has 0 atom stereocenters. The second kappa shape index (κ2) is 7.98. The summed E-state index contributed by atoms with van der Waals surface area (Å²) in [6, 6.07) is 6.72. The Hall–Kier alpha value is -2.83. The zero-order valence-corrected chi connectivity index (χ0v) is 13.3. The van der Waals surface area contributed by atoms with Crippen molar-refractivity contribution >= 4 is 29.7 Å². The number of para-hydroxylation sites is 1. The summed E-state index contributed by atoms with van der Waals surface area (Å²) in [6.07, 6.45) is 1.66. The van der Waals surface area contributed by atoms with Gasteiger partial charge in [0, 0.05) is 11.8 Å². The van der Waals surface area contributed by atoms with Gasteiger partial charge in [0.15, 0.2) is 0 Å². The van der Waals surface area contributed by atoms with Crippen molar-refractivity contribution in [1.82, 2.24) is 5.32 Å². The van der Waals surface area contributed by atoms with Gasteiger partial charge in [0.2, 0.25) is 5.91 Å². The van der Waals surface area contributed by atoms with E-state index in [1.165, 1.54) is 6.08 Å². The minimum absolute atomic E-state index is 0.258. The molecule has 3 N–H and O–H groups in total. The molecule has 0 aliphatic rings. The maximum absolute atomic E-state index is 11.9. The third-order valence-electron chi connectivity index (χ3n) is 2.43. The van der Waals surface area contributed by atoms with Gasteiger partial charge in [0.25, 0.3) is 0 Å². The normalized spacial score (nSPS) is 11.1. The topological polar surface area (TPSA) is 105 Å². The molecule has 0 aliphatic carbocycles. The molecule has 1 aromatic rings. The van der Waals surface area contributed by atoms with Gasteiger partial charge in [-0.05, 0) is 38.5 Å². The quantitative estimate of drug-likeness (QED) is 0.722. The van der Waals surface area contributed by atoms with Crippen LogP contribution >= 0.6 is 0 Å². The number of hydrogen-bond acceptors (Lipinski definition) is 4. The first-order valence-electron chi connectivity index (χ1n) is 6.94. The van der Waals surface area contributed by atoms with Crippen LogP contribution in [0, 0.1) is 0 Å². The first kappa shape index (κ1) is 18.2. The Bertz CT molecular complexity index is 617. The summed E-state index contributed by atoms with van der Waals surface area (Å²) in [5.74, 6) is -1.54. The van der Waals surface area contributed by atoms with E-state index in [1.807, 2.05) is 0 Å². The van der Waals surface area contributed by atoms with Crippen LogP contribution in [-0.2, 0) is 14.3 Å². The molecule has 0 aromatic heterocycles. The van der Waals surface area contributed by atoms with Gasteiger partial charge in [-0.1, -0.05) is 18.2 Å². The fourth-order valence-corrected chi connectivity index (χ4v) is 1.58. The first-order chi connectivity index (χ1) is 10.7. The van der Waals surface area contributed by atoms with E-state index in [0.29, 0.717) is 11.3 Å². The number of ether oxygens (including phenoxy) is 1. The lowest BCUT2D eigenvalue weighted by atomic mass is 10.1. The third-order valence-corrected chi connectivity index (χ3v) is 2.43. The standard InChI is InChI=1S/C16H20N2O5/c1-16(2,3)23-15(22)17-10-13(19)18-12-7-5-4-6-11(12)8-9-14(20)21/h4-9H,10H2,1-3H3,(H,17,22)(H,18,19)(H,20,21). The summed E-state index contributed by atoms with van der Waals surface area (Å²) in [6.45, 7) is 4.90. The Kier molecular flexibility index (Phi) is 6.32. The molecule has 0 radical (unpaired) electrons. The molecule has 7 nitrogen and oxygen atoms in total. The van der Waals surface area contributed by atoms with Crippen LogP contribution in [0.4, 0.5) is 10.5 Å². The molecule has 0 unspecified atom stereocenters. The smallest absolute Gasteiger partial charge is 0.408 e. The lowest BCUT2D eigenvalue weighted by Crippen LogP contribution is -2.37. The largest absolute Gasteiger partial charge is 0.478 e. The Morgan fingerprint density at radius 3 is 2.48 bits per heavy atom. The number of benzene rings is 1. The number of anilines is 1. The van der Waals surface area contributed by atoms with Crippen LogP contribution in [0.5, 0.6) is 0 Å². The van der Waals surface area contributed by atoms with E-state index < -0.39 is 23.6 Å². The number of carboxylic acids is 1. The Morgan fingerprint density at radius 2 is 1.87 bits per heavy atom. The van der Waals surface area contributed by atoms with Crippen LogP contribution in [0.15, 0.2) is 30.3 Å². The zero-order chi connectivity index (χ0) is 17.5. The van der Waals surface area contributed by atoms with Crippen molar-refractivity contribution in [3.05, 3.63) is 35.9 Å². The number of nitrogens with one attached hydrogen (secondary N) is 2. The molecular weight excluding hydrogens is 300 g/mol. The summed E-state index contributed by atoms with van der Waals surface area (Å²) < 4.78 is 5.02. The summed E-state index contributed by atoms with van der Waals surface area (Å²) in [7, 11) is 0. The minimum atomic E-state index is -1.09. The fraction of sp³-hybridized carbons (Fsp3) is 0.312. The predicted molar refractivity (Wildman–Crippen MR) is 86.0 cm³/mol. The van der Waals surface area contributed by atoms with Crippen molar-refractivity contribution in [1.29, 1.82) is 0 Å². The molecule has 0 saturated heterocycles. The molecule has 2 amide bonds. The van der Waals surface area contributed by atoms with E-state index >= 15 is 0 Å². The molecule has 23 heavy (non-hydrogen) atoms. The van der Waals surface area contributed by atoms with E-state index in [4.69, 9.17) is 9.84 Å². The number of hydrogen-bond donors (Lipinski definition) is 3. The molecule has 1 aromatic carbocycles. The number of alkyl carbamates (subject to hydrolysis) is 1.